The van der Waals surface area contributed by atoms with Gasteiger partial charge in [-0.15, -0.1) is 0 Å². The highest BCUT2D eigenvalue weighted by Gasteiger charge is 2.36. The number of rotatable bonds is 1. The van der Waals surface area contributed by atoms with E-state index in [1.54, 1.807) is 12.1 Å². The molecule has 0 fully saturated rings. The van der Waals surface area contributed by atoms with E-state index in [-0.39, 0.29) is 5.82 Å². The Kier molecular flexibility index (Phi) is 2.46. The largest absolute Gasteiger partial charge is 0.305 e. The molecular weight excluding hydrogens is 237 g/mol. The lowest BCUT2D eigenvalue weighted by Crippen LogP contribution is -2.31. The number of hydrogen-bond donors (Lipinski definition) is 1. The second-order valence-electron chi connectivity index (χ2n) is 5.55. The van der Waals surface area contributed by atoms with Crippen molar-refractivity contribution in [3.63, 3.8) is 0 Å². The summed E-state index contributed by atoms with van der Waals surface area (Å²) in [5.41, 5.74) is 5.14. The van der Waals surface area contributed by atoms with Crippen LogP contribution in [0.25, 0.3) is 0 Å². The van der Waals surface area contributed by atoms with Gasteiger partial charge in [0, 0.05) is 18.5 Å². The molecule has 1 nitrogen and oxygen atoms in total. The van der Waals surface area contributed by atoms with Gasteiger partial charge >= 0.3 is 0 Å². The standard InChI is InChI=1S/C17H16FN/c18-14-8-12-6-7-15-16(12)13(9-14)10-19-17(15)11-4-2-1-3-5-11/h1-5,8-9,15,17,19H,6-7,10H2. The zero-order chi connectivity index (χ0) is 12.8. The van der Waals surface area contributed by atoms with E-state index in [4.69, 9.17) is 0 Å². The van der Waals surface area contributed by atoms with Gasteiger partial charge < -0.3 is 5.32 Å². The van der Waals surface area contributed by atoms with Crippen molar-refractivity contribution in [2.45, 2.75) is 31.3 Å². The number of hydrogen-bond acceptors (Lipinski definition) is 1. The van der Waals surface area contributed by atoms with Crippen LogP contribution in [0, 0.1) is 5.82 Å². The summed E-state index contributed by atoms with van der Waals surface area (Å²) in [4.78, 5) is 0. The molecule has 2 aromatic carbocycles. The second kappa shape index (κ2) is 4.17. The molecule has 96 valence electrons. The SMILES string of the molecule is Fc1cc2c3c(c1)CNC(c1ccccc1)C3CC2. The van der Waals surface area contributed by atoms with Gasteiger partial charge in [0.1, 0.15) is 5.82 Å². The molecule has 19 heavy (non-hydrogen) atoms. The maximum atomic E-state index is 13.6. The third-order valence-corrected chi connectivity index (χ3v) is 4.49. The number of aryl methyl sites for hydroxylation is 1. The smallest absolute Gasteiger partial charge is 0.123 e. The van der Waals surface area contributed by atoms with Crippen molar-refractivity contribution in [2.75, 3.05) is 0 Å². The Morgan fingerprint density at radius 2 is 1.84 bits per heavy atom. The van der Waals surface area contributed by atoms with E-state index >= 15 is 0 Å². The van der Waals surface area contributed by atoms with Crippen LogP contribution in [0.4, 0.5) is 4.39 Å². The Morgan fingerprint density at radius 1 is 1.05 bits per heavy atom. The van der Waals surface area contributed by atoms with Crippen LogP contribution in [0.1, 0.15) is 40.6 Å². The molecule has 1 N–H and O–H groups in total. The van der Waals surface area contributed by atoms with Crippen LogP contribution in [0.3, 0.4) is 0 Å². The first-order chi connectivity index (χ1) is 9.33. The third-order valence-electron chi connectivity index (χ3n) is 4.49. The molecule has 0 saturated heterocycles. The third kappa shape index (κ3) is 1.71. The van der Waals surface area contributed by atoms with Crippen molar-refractivity contribution in [3.05, 3.63) is 70.5 Å². The lowest BCUT2D eigenvalue weighted by atomic mass is 9.83. The fourth-order valence-electron chi connectivity index (χ4n) is 3.73. The normalized spacial score (nSPS) is 24.3. The van der Waals surface area contributed by atoms with Gasteiger partial charge in [-0.3, -0.25) is 0 Å². The molecule has 0 aromatic heterocycles. The quantitative estimate of drug-likeness (QED) is 0.817. The maximum absolute atomic E-state index is 13.6. The second-order valence-corrected chi connectivity index (χ2v) is 5.55. The highest BCUT2D eigenvalue weighted by molar-refractivity contribution is 5.46. The van der Waals surface area contributed by atoms with Crippen LogP contribution in [-0.2, 0) is 13.0 Å². The molecule has 2 aromatic rings. The van der Waals surface area contributed by atoms with Gasteiger partial charge in [0.15, 0.2) is 0 Å². The van der Waals surface area contributed by atoms with Gasteiger partial charge in [0.05, 0.1) is 0 Å². The summed E-state index contributed by atoms with van der Waals surface area (Å²) in [5.74, 6) is 0.413. The van der Waals surface area contributed by atoms with E-state index in [0.717, 1.165) is 24.9 Å². The molecule has 0 spiro atoms. The predicted molar refractivity (Wildman–Crippen MR) is 73.5 cm³/mol. The molecular formula is C17H16FN. The van der Waals surface area contributed by atoms with E-state index in [9.17, 15) is 4.39 Å². The fraction of sp³-hybridized carbons (Fsp3) is 0.294. The molecule has 0 bridgehead atoms. The Bertz CT molecular complexity index is 621. The molecule has 1 aliphatic carbocycles. The highest BCUT2D eigenvalue weighted by atomic mass is 19.1. The van der Waals surface area contributed by atoms with Crippen LogP contribution in [0.5, 0.6) is 0 Å². The lowest BCUT2D eigenvalue weighted by Gasteiger charge is -2.32. The minimum Gasteiger partial charge on any atom is -0.305 e. The van der Waals surface area contributed by atoms with Crippen molar-refractivity contribution in [2.24, 2.45) is 0 Å². The molecule has 1 aliphatic heterocycles. The van der Waals surface area contributed by atoms with Crippen LogP contribution < -0.4 is 5.32 Å². The number of nitrogens with one attached hydrogen (secondary N) is 1. The summed E-state index contributed by atoms with van der Waals surface area (Å²) >= 11 is 0. The number of benzene rings is 2. The molecule has 4 rings (SSSR count). The summed E-state index contributed by atoms with van der Waals surface area (Å²) in [6, 6.07) is 14.4. The van der Waals surface area contributed by atoms with Crippen molar-refractivity contribution < 1.29 is 4.39 Å². The van der Waals surface area contributed by atoms with Gasteiger partial charge in [0.25, 0.3) is 0 Å². The first kappa shape index (κ1) is 11.2. The molecule has 2 aliphatic rings. The summed E-state index contributed by atoms with van der Waals surface area (Å²) < 4.78 is 13.6. The van der Waals surface area contributed by atoms with Crippen molar-refractivity contribution in [1.82, 2.24) is 5.32 Å². The predicted octanol–water partition coefficient (Wildman–Crippen LogP) is 3.70. The van der Waals surface area contributed by atoms with E-state index in [0.29, 0.717) is 12.0 Å². The number of halogens is 1. The summed E-state index contributed by atoms with van der Waals surface area (Å²) in [6.45, 7) is 0.774. The molecule has 2 unspecified atom stereocenters. The fourth-order valence-corrected chi connectivity index (χ4v) is 3.73. The summed E-state index contributed by atoms with van der Waals surface area (Å²) in [5, 5.41) is 3.59. The van der Waals surface area contributed by atoms with E-state index < -0.39 is 0 Å². The topological polar surface area (TPSA) is 12.0 Å². The minimum absolute atomic E-state index is 0.0886. The van der Waals surface area contributed by atoms with Gasteiger partial charge in [-0.25, -0.2) is 4.39 Å². The zero-order valence-corrected chi connectivity index (χ0v) is 10.7. The summed E-state index contributed by atoms with van der Waals surface area (Å²) in [6.07, 6.45) is 2.13. The van der Waals surface area contributed by atoms with E-state index in [2.05, 4.69) is 35.6 Å². The Labute approximate surface area is 112 Å². The van der Waals surface area contributed by atoms with Crippen molar-refractivity contribution in [3.8, 4) is 0 Å². The maximum Gasteiger partial charge on any atom is 0.123 e. The Morgan fingerprint density at radius 3 is 2.68 bits per heavy atom. The Balaban J connectivity index is 1.80. The van der Waals surface area contributed by atoms with E-state index in [1.165, 1.54) is 16.7 Å². The monoisotopic (exact) mass is 253 g/mol. The van der Waals surface area contributed by atoms with Crippen molar-refractivity contribution >= 4 is 0 Å². The lowest BCUT2D eigenvalue weighted by molar-refractivity contribution is 0.413. The van der Waals surface area contributed by atoms with Gasteiger partial charge in [-0.05, 0) is 47.2 Å². The molecule has 2 atom stereocenters. The molecule has 0 saturated carbocycles. The van der Waals surface area contributed by atoms with Gasteiger partial charge in [-0.1, -0.05) is 30.3 Å². The first-order valence-corrected chi connectivity index (χ1v) is 6.92. The minimum atomic E-state index is -0.0886. The van der Waals surface area contributed by atoms with E-state index in [1.807, 2.05) is 0 Å². The van der Waals surface area contributed by atoms with Crippen molar-refractivity contribution in [1.29, 1.82) is 0 Å². The molecule has 2 heteroatoms. The first-order valence-electron chi connectivity index (χ1n) is 6.92. The molecule has 1 heterocycles. The van der Waals surface area contributed by atoms with Crippen LogP contribution in [0.15, 0.2) is 42.5 Å². The van der Waals surface area contributed by atoms with Crippen LogP contribution in [0.2, 0.25) is 0 Å². The Hall–Kier alpha value is -1.67. The van der Waals surface area contributed by atoms with Crippen LogP contribution in [-0.4, -0.2) is 0 Å². The summed E-state index contributed by atoms with van der Waals surface area (Å²) in [7, 11) is 0. The highest BCUT2D eigenvalue weighted by Crippen LogP contribution is 2.46. The average Bonchev–Trinajstić information content (AvgIpc) is 2.85. The van der Waals surface area contributed by atoms with Crippen LogP contribution >= 0.6 is 0 Å². The zero-order valence-electron chi connectivity index (χ0n) is 10.7. The van der Waals surface area contributed by atoms with Gasteiger partial charge in [-0.2, -0.15) is 0 Å². The van der Waals surface area contributed by atoms with Gasteiger partial charge in [0.2, 0.25) is 0 Å². The molecule has 0 radical (unpaired) electrons. The average molecular weight is 253 g/mol. The molecule has 0 amide bonds.